The molecule has 0 spiro atoms. The number of carbonyl (C=O) groups excluding carboxylic acids is 1. The summed E-state index contributed by atoms with van der Waals surface area (Å²) in [5, 5.41) is 9.82. The Morgan fingerprint density at radius 2 is 2.00 bits per heavy atom. The molecule has 2 aromatic heterocycles. The molecule has 3 heterocycles. The monoisotopic (exact) mass is 376 g/mol. The fourth-order valence-electron chi connectivity index (χ4n) is 3.23. The highest BCUT2D eigenvalue weighted by molar-refractivity contribution is 7.99. The molecule has 2 fully saturated rings. The fourth-order valence-corrected chi connectivity index (χ4v) is 5.01. The summed E-state index contributed by atoms with van der Waals surface area (Å²) in [6.07, 6.45) is 4.83. The highest BCUT2D eigenvalue weighted by atomic mass is 32.2. The van der Waals surface area contributed by atoms with Crippen molar-refractivity contribution in [3.05, 3.63) is 21.9 Å². The van der Waals surface area contributed by atoms with Crippen molar-refractivity contribution < 1.29 is 4.79 Å². The maximum atomic E-state index is 12.4. The normalized spacial score (nSPS) is 18.7. The van der Waals surface area contributed by atoms with Gasteiger partial charge in [0.05, 0.1) is 10.6 Å². The van der Waals surface area contributed by atoms with Crippen molar-refractivity contribution in [3.63, 3.8) is 0 Å². The molecule has 0 atom stereocenters. The average molecular weight is 377 g/mol. The van der Waals surface area contributed by atoms with E-state index in [1.807, 2.05) is 19.1 Å². The van der Waals surface area contributed by atoms with E-state index in [0.29, 0.717) is 11.8 Å². The maximum Gasteiger partial charge on any atom is 0.228 e. The van der Waals surface area contributed by atoms with E-state index < -0.39 is 0 Å². The number of aryl methyl sites for hydroxylation is 1. The second kappa shape index (κ2) is 7.11. The van der Waals surface area contributed by atoms with Gasteiger partial charge in [0.1, 0.15) is 0 Å². The number of ketones is 1. The zero-order valence-electron chi connectivity index (χ0n) is 14.8. The molecule has 0 amide bonds. The van der Waals surface area contributed by atoms with E-state index in [1.54, 1.807) is 11.3 Å². The minimum atomic E-state index is 0.182. The van der Waals surface area contributed by atoms with Crippen LogP contribution in [0.2, 0.25) is 0 Å². The molecule has 1 saturated carbocycles. The number of aromatic nitrogens is 3. The molecule has 0 aromatic carbocycles. The van der Waals surface area contributed by atoms with Crippen LogP contribution in [0.4, 0.5) is 5.95 Å². The van der Waals surface area contributed by atoms with Gasteiger partial charge in [-0.05, 0) is 50.7 Å². The van der Waals surface area contributed by atoms with E-state index in [2.05, 4.69) is 26.6 Å². The Morgan fingerprint density at radius 1 is 1.24 bits per heavy atom. The van der Waals surface area contributed by atoms with Crippen molar-refractivity contribution in [2.24, 2.45) is 5.92 Å². The molecular weight excluding hydrogens is 352 g/mol. The van der Waals surface area contributed by atoms with Gasteiger partial charge < -0.3 is 4.90 Å². The molecule has 0 unspecified atom stereocenters. The second-order valence-electron chi connectivity index (χ2n) is 7.18. The summed E-state index contributed by atoms with van der Waals surface area (Å²) in [5.41, 5.74) is 0. The molecule has 1 aliphatic heterocycles. The van der Waals surface area contributed by atoms with E-state index in [-0.39, 0.29) is 5.78 Å². The van der Waals surface area contributed by atoms with E-state index in [0.717, 1.165) is 35.0 Å². The first kappa shape index (κ1) is 17.1. The quantitative estimate of drug-likeness (QED) is 0.559. The van der Waals surface area contributed by atoms with Crippen LogP contribution in [-0.2, 0) is 0 Å². The van der Waals surface area contributed by atoms with Gasteiger partial charge in [0, 0.05) is 24.0 Å². The Labute approximate surface area is 156 Å². The number of hydrogen-bond acceptors (Lipinski definition) is 6. The third kappa shape index (κ3) is 3.77. The summed E-state index contributed by atoms with van der Waals surface area (Å²) in [6, 6.07) is 4.45. The first-order valence-corrected chi connectivity index (χ1v) is 10.8. The van der Waals surface area contributed by atoms with Crippen molar-refractivity contribution in [1.82, 2.24) is 14.8 Å². The molecule has 0 N–H and O–H groups in total. The number of anilines is 1. The second-order valence-corrected chi connectivity index (χ2v) is 9.41. The van der Waals surface area contributed by atoms with Crippen LogP contribution in [0.3, 0.4) is 0 Å². The Balaban J connectivity index is 1.47. The summed E-state index contributed by atoms with van der Waals surface area (Å²) in [5.74, 6) is 2.43. The highest BCUT2D eigenvalue weighted by Crippen LogP contribution is 2.41. The molecule has 5 nitrogen and oxygen atoms in total. The van der Waals surface area contributed by atoms with Gasteiger partial charge in [-0.15, -0.1) is 21.5 Å². The Kier molecular flexibility index (Phi) is 4.86. The van der Waals surface area contributed by atoms with Crippen molar-refractivity contribution in [2.45, 2.75) is 50.7 Å². The first-order valence-electron chi connectivity index (χ1n) is 9.04. The molecule has 0 radical (unpaired) electrons. The van der Waals surface area contributed by atoms with Crippen LogP contribution in [0.25, 0.3) is 0 Å². The molecule has 25 heavy (non-hydrogen) atoms. The van der Waals surface area contributed by atoms with Gasteiger partial charge in [0.15, 0.2) is 10.9 Å². The van der Waals surface area contributed by atoms with Gasteiger partial charge in [-0.25, -0.2) is 0 Å². The number of thioether (sulfide) groups is 1. The van der Waals surface area contributed by atoms with Crippen LogP contribution in [0, 0.1) is 12.8 Å². The Morgan fingerprint density at radius 3 is 2.64 bits per heavy atom. The standard InChI is InChI=1S/C18H24N4OS2/c1-12-7-9-21(10-8-12)17-19-20-18(22(17)14-4-5-14)24-11-15(23)16-6-3-13(2)25-16/h3,6,12,14H,4-5,7-11H2,1-2H3. The van der Waals surface area contributed by atoms with Crippen molar-refractivity contribution >= 4 is 34.8 Å². The van der Waals surface area contributed by atoms with Gasteiger partial charge in [0.2, 0.25) is 5.95 Å². The number of nitrogens with zero attached hydrogens (tertiary/aromatic N) is 4. The molecule has 7 heteroatoms. The van der Waals surface area contributed by atoms with Crippen LogP contribution in [0.5, 0.6) is 0 Å². The minimum Gasteiger partial charge on any atom is -0.341 e. The van der Waals surface area contributed by atoms with Gasteiger partial charge in [-0.1, -0.05) is 18.7 Å². The topological polar surface area (TPSA) is 51.0 Å². The number of Topliss-reactive ketones (excluding diaryl/α,β-unsaturated/α-hetero) is 1. The summed E-state index contributed by atoms with van der Waals surface area (Å²) in [4.78, 5) is 16.8. The van der Waals surface area contributed by atoms with Crippen LogP contribution >= 0.6 is 23.1 Å². The molecule has 1 aliphatic carbocycles. The Bertz CT molecular complexity index is 757. The molecule has 1 saturated heterocycles. The van der Waals surface area contributed by atoms with Gasteiger partial charge >= 0.3 is 0 Å². The predicted octanol–water partition coefficient (Wildman–Crippen LogP) is 4.19. The smallest absolute Gasteiger partial charge is 0.228 e. The van der Waals surface area contributed by atoms with Crippen molar-refractivity contribution in [3.8, 4) is 0 Å². The number of hydrogen-bond donors (Lipinski definition) is 0. The van der Waals surface area contributed by atoms with Crippen LogP contribution in [0.15, 0.2) is 17.3 Å². The van der Waals surface area contributed by atoms with Crippen molar-refractivity contribution in [2.75, 3.05) is 23.7 Å². The van der Waals surface area contributed by atoms with E-state index in [1.165, 1.54) is 42.3 Å². The largest absolute Gasteiger partial charge is 0.341 e. The SMILES string of the molecule is Cc1ccc(C(=O)CSc2nnc(N3CCC(C)CC3)n2C2CC2)s1. The number of piperidine rings is 1. The number of rotatable bonds is 6. The fraction of sp³-hybridized carbons (Fsp3) is 0.611. The van der Waals surface area contributed by atoms with E-state index >= 15 is 0 Å². The van der Waals surface area contributed by atoms with E-state index in [4.69, 9.17) is 0 Å². The van der Waals surface area contributed by atoms with Crippen LogP contribution < -0.4 is 4.90 Å². The zero-order chi connectivity index (χ0) is 17.4. The lowest BCUT2D eigenvalue weighted by molar-refractivity contribution is 0.102. The van der Waals surface area contributed by atoms with Crippen LogP contribution in [0.1, 0.15) is 53.2 Å². The lowest BCUT2D eigenvalue weighted by Crippen LogP contribution is -2.34. The number of thiophene rings is 1. The summed E-state index contributed by atoms with van der Waals surface area (Å²) in [7, 11) is 0. The third-order valence-electron chi connectivity index (χ3n) is 4.97. The highest BCUT2D eigenvalue weighted by Gasteiger charge is 2.32. The maximum absolute atomic E-state index is 12.4. The molecule has 0 bridgehead atoms. The zero-order valence-corrected chi connectivity index (χ0v) is 16.4. The van der Waals surface area contributed by atoms with Gasteiger partial charge in [-0.2, -0.15) is 0 Å². The van der Waals surface area contributed by atoms with Gasteiger partial charge in [-0.3, -0.25) is 9.36 Å². The molecule has 4 rings (SSSR count). The summed E-state index contributed by atoms with van der Waals surface area (Å²) < 4.78 is 2.29. The molecular formula is C18H24N4OS2. The molecule has 134 valence electrons. The summed E-state index contributed by atoms with van der Waals surface area (Å²) >= 11 is 3.10. The summed E-state index contributed by atoms with van der Waals surface area (Å²) in [6.45, 7) is 6.47. The molecule has 2 aromatic rings. The average Bonchev–Trinajstić information content (AvgIpc) is 3.21. The third-order valence-corrected chi connectivity index (χ3v) is 6.96. The van der Waals surface area contributed by atoms with Crippen LogP contribution in [-0.4, -0.2) is 39.4 Å². The van der Waals surface area contributed by atoms with E-state index in [9.17, 15) is 4.79 Å². The lowest BCUT2D eigenvalue weighted by Gasteiger charge is -2.31. The Hall–Kier alpha value is -1.34. The van der Waals surface area contributed by atoms with Crippen molar-refractivity contribution in [1.29, 1.82) is 0 Å². The molecule has 2 aliphatic rings. The predicted molar refractivity (Wildman–Crippen MR) is 103 cm³/mol. The lowest BCUT2D eigenvalue weighted by atomic mass is 10.00. The minimum absolute atomic E-state index is 0.182. The first-order chi connectivity index (χ1) is 12.1. The number of carbonyl (C=O) groups is 1. The van der Waals surface area contributed by atoms with Gasteiger partial charge in [0.25, 0.3) is 0 Å².